The first-order valence-electron chi connectivity index (χ1n) is 14.3. The number of anilines is 1. The number of pyridine rings is 1. The number of likely N-dealkylation sites (tertiary alicyclic amines) is 1. The predicted octanol–water partition coefficient (Wildman–Crippen LogP) is 4.37. The summed E-state index contributed by atoms with van der Waals surface area (Å²) in [7, 11) is 3.03. The summed E-state index contributed by atoms with van der Waals surface area (Å²) >= 11 is 0. The van der Waals surface area contributed by atoms with Crippen LogP contribution in [0.1, 0.15) is 29.6 Å². The van der Waals surface area contributed by atoms with E-state index >= 15 is 0 Å². The number of benzene rings is 2. The van der Waals surface area contributed by atoms with E-state index in [2.05, 4.69) is 20.3 Å². The molecule has 11 heteroatoms. The Kier molecular flexibility index (Phi) is 8.32. The molecule has 0 aliphatic carbocycles. The predicted molar refractivity (Wildman–Crippen MR) is 159 cm³/mol. The molecule has 2 aromatic heterocycles. The van der Waals surface area contributed by atoms with Gasteiger partial charge in [-0.15, -0.1) is 0 Å². The molecule has 0 unspecified atom stereocenters. The third-order valence-corrected chi connectivity index (χ3v) is 7.91. The maximum Gasteiger partial charge on any atom is 0.349 e. The Morgan fingerprint density at radius 1 is 0.907 bits per heavy atom. The number of aromatic nitrogens is 3. The number of ether oxygens (including phenoxy) is 4. The molecule has 4 heterocycles. The lowest BCUT2D eigenvalue weighted by Gasteiger charge is -2.26. The molecule has 6 rings (SSSR count). The fraction of sp³-hybridized carbons (Fsp3) is 0.344. The molecule has 2 aliphatic heterocycles. The van der Waals surface area contributed by atoms with Crippen LogP contribution in [0.25, 0.3) is 22.0 Å². The SMILES string of the molecule is COc1ccc(OC(=O)c2cc(-c3ccc4ncnc(N[C@H]5CCN(C(=O)C6CCOCC6)C5)c4c3)cnc2OC)cc1. The van der Waals surface area contributed by atoms with E-state index in [0.29, 0.717) is 42.6 Å². The van der Waals surface area contributed by atoms with Gasteiger partial charge in [0.1, 0.15) is 29.2 Å². The Morgan fingerprint density at radius 3 is 2.47 bits per heavy atom. The van der Waals surface area contributed by atoms with E-state index in [9.17, 15) is 9.59 Å². The van der Waals surface area contributed by atoms with Crippen molar-refractivity contribution in [3.8, 4) is 28.5 Å². The summed E-state index contributed by atoms with van der Waals surface area (Å²) in [4.78, 5) is 41.5. The number of amides is 1. The molecule has 1 N–H and O–H groups in total. The van der Waals surface area contributed by atoms with Crippen molar-refractivity contribution < 1.29 is 28.5 Å². The zero-order valence-electron chi connectivity index (χ0n) is 24.1. The quantitative estimate of drug-likeness (QED) is 0.236. The van der Waals surface area contributed by atoms with Crippen LogP contribution in [0.5, 0.6) is 17.4 Å². The number of nitrogens with one attached hydrogen (secondary N) is 1. The van der Waals surface area contributed by atoms with Crippen LogP contribution in [0.4, 0.5) is 5.82 Å². The molecular weight excluding hydrogens is 550 g/mol. The van der Waals surface area contributed by atoms with E-state index in [1.54, 1.807) is 43.6 Å². The second-order valence-electron chi connectivity index (χ2n) is 10.6. The van der Waals surface area contributed by atoms with Crippen molar-refractivity contribution in [3.63, 3.8) is 0 Å². The molecule has 0 radical (unpaired) electrons. The molecule has 2 aliphatic rings. The fourth-order valence-corrected chi connectivity index (χ4v) is 5.55. The van der Waals surface area contributed by atoms with Crippen molar-refractivity contribution in [2.75, 3.05) is 45.8 Å². The number of nitrogens with zero attached hydrogens (tertiary/aromatic N) is 4. The van der Waals surface area contributed by atoms with Gasteiger partial charge in [0, 0.05) is 55.4 Å². The third-order valence-electron chi connectivity index (χ3n) is 7.91. The number of rotatable bonds is 8. The van der Waals surface area contributed by atoms with Gasteiger partial charge in [-0.1, -0.05) is 6.07 Å². The van der Waals surface area contributed by atoms with Gasteiger partial charge < -0.3 is 29.2 Å². The highest BCUT2D eigenvalue weighted by Gasteiger charge is 2.32. The lowest BCUT2D eigenvalue weighted by Crippen LogP contribution is -2.38. The van der Waals surface area contributed by atoms with E-state index in [1.165, 1.54) is 13.4 Å². The molecule has 11 nitrogen and oxygen atoms in total. The van der Waals surface area contributed by atoms with Crippen LogP contribution in [-0.4, -0.2) is 78.3 Å². The van der Waals surface area contributed by atoms with Gasteiger partial charge in [-0.25, -0.2) is 19.7 Å². The molecule has 43 heavy (non-hydrogen) atoms. The minimum Gasteiger partial charge on any atom is -0.497 e. The standard InChI is InChI=1S/C32H33N5O6/c1-40-24-4-6-25(7-5-24)43-32(39)27-16-22(17-33-30(27)41-2)21-3-8-28-26(15-21)29(35-19-34-28)36-23-9-12-37(18-23)31(38)20-10-13-42-14-11-20/h3-8,15-17,19-20,23H,9-14,18H2,1-2H3,(H,34,35,36)/t23-/m0/s1. The van der Waals surface area contributed by atoms with Crippen LogP contribution >= 0.6 is 0 Å². The molecule has 2 aromatic carbocycles. The van der Waals surface area contributed by atoms with Crippen molar-refractivity contribution >= 4 is 28.6 Å². The normalized spacial score (nSPS) is 17.1. The maximum absolute atomic E-state index is 13.1. The molecule has 1 amide bonds. The monoisotopic (exact) mass is 583 g/mol. The second-order valence-corrected chi connectivity index (χ2v) is 10.6. The highest BCUT2D eigenvalue weighted by molar-refractivity contribution is 5.96. The van der Waals surface area contributed by atoms with Gasteiger partial charge in [-0.05, 0) is 67.3 Å². The topological polar surface area (TPSA) is 125 Å². The minimum atomic E-state index is -0.594. The van der Waals surface area contributed by atoms with E-state index in [-0.39, 0.29) is 29.3 Å². The summed E-state index contributed by atoms with van der Waals surface area (Å²) < 4.78 is 21.5. The van der Waals surface area contributed by atoms with Gasteiger partial charge in [0.25, 0.3) is 0 Å². The number of carbonyl (C=O) groups is 2. The third kappa shape index (κ3) is 6.21. The van der Waals surface area contributed by atoms with Gasteiger partial charge in [-0.3, -0.25) is 4.79 Å². The zero-order valence-corrected chi connectivity index (χ0v) is 24.1. The van der Waals surface area contributed by atoms with Gasteiger partial charge in [0.2, 0.25) is 11.8 Å². The molecule has 0 bridgehead atoms. The molecule has 4 aromatic rings. The Bertz CT molecular complexity index is 1620. The Balaban J connectivity index is 1.22. The highest BCUT2D eigenvalue weighted by Crippen LogP contribution is 2.31. The van der Waals surface area contributed by atoms with Crippen LogP contribution in [0, 0.1) is 5.92 Å². The highest BCUT2D eigenvalue weighted by atomic mass is 16.5. The van der Waals surface area contributed by atoms with Crippen LogP contribution in [0.2, 0.25) is 0 Å². The van der Waals surface area contributed by atoms with E-state index in [4.69, 9.17) is 18.9 Å². The number of methoxy groups -OCH3 is 2. The average Bonchev–Trinajstić information content (AvgIpc) is 3.53. The number of hydrogen-bond acceptors (Lipinski definition) is 10. The van der Waals surface area contributed by atoms with E-state index < -0.39 is 5.97 Å². The summed E-state index contributed by atoms with van der Waals surface area (Å²) in [6.07, 6.45) is 5.59. The van der Waals surface area contributed by atoms with Crippen molar-refractivity contribution in [2.24, 2.45) is 5.92 Å². The molecule has 1 atom stereocenters. The van der Waals surface area contributed by atoms with Gasteiger partial charge >= 0.3 is 5.97 Å². The summed E-state index contributed by atoms with van der Waals surface area (Å²) in [6, 6.07) is 14.3. The van der Waals surface area contributed by atoms with Crippen molar-refractivity contribution in [1.82, 2.24) is 19.9 Å². The van der Waals surface area contributed by atoms with Crippen LogP contribution in [0.15, 0.2) is 61.1 Å². The first-order valence-corrected chi connectivity index (χ1v) is 14.3. The number of hydrogen-bond donors (Lipinski definition) is 1. The molecule has 222 valence electrons. The molecular formula is C32H33N5O6. The number of carbonyl (C=O) groups excluding carboxylic acids is 2. The van der Waals surface area contributed by atoms with Gasteiger partial charge in [0.15, 0.2) is 0 Å². The smallest absolute Gasteiger partial charge is 0.349 e. The van der Waals surface area contributed by atoms with Crippen molar-refractivity contribution in [3.05, 3.63) is 66.6 Å². The lowest BCUT2D eigenvalue weighted by molar-refractivity contribution is -0.137. The second kappa shape index (κ2) is 12.6. The van der Waals surface area contributed by atoms with E-state index in [1.807, 2.05) is 23.1 Å². The molecule has 0 spiro atoms. The molecule has 2 fully saturated rings. The summed E-state index contributed by atoms with van der Waals surface area (Å²) in [5.74, 6) is 1.56. The van der Waals surface area contributed by atoms with Crippen LogP contribution in [-0.2, 0) is 9.53 Å². The fourth-order valence-electron chi connectivity index (χ4n) is 5.55. The van der Waals surface area contributed by atoms with Crippen LogP contribution in [0.3, 0.4) is 0 Å². The lowest BCUT2D eigenvalue weighted by atomic mass is 9.99. The maximum atomic E-state index is 13.1. The number of fused-ring (bicyclic) bond motifs is 1. The molecule has 0 saturated carbocycles. The van der Waals surface area contributed by atoms with Gasteiger partial charge in [0.05, 0.1) is 19.7 Å². The summed E-state index contributed by atoms with van der Waals surface area (Å²) in [5, 5.41) is 4.37. The Morgan fingerprint density at radius 2 is 1.70 bits per heavy atom. The van der Waals surface area contributed by atoms with E-state index in [0.717, 1.165) is 42.3 Å². The first kappa shape index (κ1) is 28.4. The zero-order chi connectivity index (χ0) is 29.8. The summed E-state index contributed by atoms with van der Waals surface area (Å²) in [6.45, 7) is 2.64. The number of esters is 1. The first-order chi connectivity index (χ1) is 21.0. The average molecular weight is 584 g/mol. The Hall–Kier alpha value is -4.77. The Labute approximate surface area is 249 Å². The largest absolute Gasteiger partial charge is 0.497 e. The summed E-state index contributed by atoms with van der Waals surface area (Å²) in [5.41, 5.74) is 2.49. The van der Waals surface area contributed by atoms with Crippen molar-refractivity contribution in [2.45, 2.75) is 25.3 Å². The van der Waals surface area contributed by atoms with Crippen molar-refractivity contribution in [1.29, 1.82) is 0 Å². The molecule has 2 saturated heterocycles. The minimum absolute atomic E-state index is 0.0476. The van der Waals surface area contributed by atoms with Crippen LogP contribution < -0.4 is 19.5 Å². The van der Waals surface area contributed by atoms with Gasteiger partial charge in [-0.2, -0.15) is 0 Å².